The van der Waals surface area contributed by atoms with Crippen LogP contribution in [0.15, 0.2) is 39.9 Å². The van der Waals surface area contributed by atoms with Crippen molar-refractivity contribution in [2.45, 2.75) is 26.4 Å². The van der Waals surface area contributed by atoms with Crippen molar-refractivity contribution in [3.05, 3.63) is 62.3 Å². The highest BCUT2D eigenvalue weighted by Crippen LogP contribution is 2.08. The minimum absolute atomic E-state index is 0.0342. The predicted molar refractivity (Wildman–Crippen MR) is 93.1 cm³/mol. The molecule has 1 heterocycles. The topological polar surface area (TPSA) is 101 Å². The van der Waals surface area contributed by atoms with Gasteiger partial charge in [-0.05, 0) is 19.0 Å². The van der Waals surface area contributed by atoms with Crippen molar-refractivity contribution in [2.24, 2.45) is 0 Å². The normalized spacial score (nSPS) is 11.0. The maximum Gasteiger partial charge on any atom is 0.329 e. The molecule has 0 radical (unpaired) electrons. The van der Waals surface area contributed by atoms with Crippen LogP contribution in [0.4, 0.5) is 5.82 Å². The molecule has 0 atom stereocenters. The zero-order valence-electron chi connectivity index (χ0n) is 13.9. The Balaban J connectivity index is 2.22. The summed E-state index contributed by atoms with van der Waals surface area (Å²) < 4.78 is 1.23. The molecule has 0 amide bonds. The number of anilines is 1. The van der Waals surface area contributed by atoms with Crippen molar-refractivity contribution < 1.29 is 4.79 Å². The van der Waals surface area contributed by atoms with Gasteiger partial charge in [0.2, 0.25) is 0 Å². The number of aromatic amines is 1. The van der Waals surface area contributed by atoms with Gasteiger partial charge in [0.05, 0.1) is 6.54 Å². The number of rotatable bonds is 7. The van der Waals surface area contributed by atoms with Gasteiger partial charge in [-0.2, -0.15) is 0 Å². The summed E-state index contributed by atoms with van der Waals surface area (Å²) in [6.07, 6.45) is 0.664. The van der Waals surface area contributed by atoms with E-state index in [-0.39, 0.29) is 17.9 Å². The molecule has 128 valence electrons. The van der Waals surface area contributed by atoms with Gasteiger partial charge >= 0.3 is 5.69 Å². The fourth-order valence-electron chi connectivity index (χ4n) is 2.58. The first-order chi connectivity index (χ1) is 11.4. The number of likely N-dealkylation sites (N-methyl/N-ethyl adjacent to an activating group) is 1. The van der Waals surface area contributed by atoms with E-state index in [0.29, 0.717) is 19.5 Å². The van der Waals surface area contributed by atoms with Crippen LogP contribution >= 0.6 is 0 Å². The Bertz CT molecular complexity index is 824. The molecule has 2 rings (SSSR count). The molecule has 0 fully saturated rings. The molecule has 3 N–H and O–H groups in total. The Kier molecular flexibility index (Phi) is 5.70. The number of hydrogen-bond acceptors (Lipinski definition) is 5. The van der Waals surface area contributed by atoms with Crippen LogP contribution < -0.4 is 17.0 Å². The summed E-state index contributed by atoms with van der Waals surface area (Å²) >= 11 is 0. The van der Waals surface area contributed by atoms with E-state index in [1.54, 1.807) is 11.9 Å². The molecule has 0 spiro atoms. The third kappa shape index (κ3) is 3.99. The number of nitrogens with two attached hydrogens (primary N) is 1. The lowest BCUT2D eigenvalue weighted by Gasteiger charge is -2.17. The SMILES string of the molecule is CCCn1c(N)c(C(=O)CN(C)Cc2ccccc2)c(=O)[nH]c1=O. The van der Waals surface area contributed by atoms with Gasteiger partial charge in [-0.25, -0.2) is 4.79 Å². The third-order valence-electron chi connectivity index (χ3n) is 3.67. The van der Waals surface area contributed by atoms with Crippen LogP contribution in [0.5, 0.6) is 0 Å². The van der Waals surface area contributed by atoms with E-state index in [9.17, 15) is 14.4 Å². The van der Waals surface area contributed by atoms with Crippen LogP contribution in [-0.2, 0) is 13.1 Å². The number of carbonyl (C=O) groups excluding carboxylic acids is 1. The van der Waals surface area contributed by atoms with Gasteiger partial charge in [-0.1, -0.05) is 37.3 Å². The molecular weight excluding hydrogens is 308 g/mol. The van der Waals surface area contributed by atoms with Gasteiger partial charge < -0.3 is 5.73 Å². The van der Waals surface area contributed by atoms with Crippen molar-refractivity contribution in [3.63, 3.8) is 0 Å². The van der Waals surface area contributed by atoms with Crippen molar-refractivity contribution in [1.82, 2.24) is 14.5 Å². The van der Waals surface area contributed by atoms with Gasteiger partial charge in [0.15, 0.2) is 5.78 Å². The van der Waals surface area contributed by atoms with Gasteiger partial charge in [-0.15, -0.1) is 0 Å². The molecule has 1 aromatic heterocycles. The van der Waals surface area contributed by atoms with Crippen LogP contribution in [0.1, 0.15) is 29.3 Å². The van der Waals surface area contributed by atoms with E-state index < -0.39 is 17.0 Å². The highest BCUT2D eigenvalue weighted by Gasteiger charge is 2.20. The van der Waals surface area contributed by atoms with E-state index in [4.69, 9.17) is 5.73 Å². The number of nitrogens with zero attached hydrogens (tertiary/aromatic N) is 2. The van der Waals surface area contributed by atoms with E-state index >= 15 is 0 Å². The number of aromatic nitrogens is 2. The molecule has 1 aromatic carbocycles. The van der Waals surface area contributed by atoms with Crippen molar-refractivity contribution in [3.8, 4) is 0 Å². The summed E-state index contributed by atoms with van der Waals surface area (Å²) in [5, 5.41) is 0. The number of hydrogen-bond donors (Lipinski definition) is 2. The van der Waals surface area contributed by atoms with Crippen LogP contribution in [0.2, 0.25) is 0 Å². The number of benzene rings is 1. The maximum atomic E-state index is 12.5. The number of nitrogens with one attached hydrogen (secondary N) is 1. The van der Waals surface area contributed by atoms with E-state index in [1.165, 1.54) is 4.57 Å². The summed E-state index contributed by atoms with van der Waals surface area (Å²) in [6.45, 7) is 2.83. The molecule has 0 saturated heterocycles. The molecule has 24 heavy (non-hydrogen) atoms. The average Bonchev–Trinajstić information content (AvgIpc) is 2.52. The first-order valence-electron chi connectivity index (χ1n) is 7.82. The molecule has 0 aliphatic heterocycles. The minimum atomic E-state index is -0.733. The van der Waals surface area contributed by atoms with Gasteiger partial charge in [0.1, 0.15) is 11.4 Å². The Labute approximate surface area is 139 Å². The molecule has 0 unspecified atom stereocenters. The van der Waals surface area contributed by atoms with E-state index in [1.807, 2.05) is 37.3 Å². The number of ketones is 1. The highest BCUT2D eigenvalue weighted by atomic mass is 16.2. The van der Waals surface area contributed by atoms with Crippen molar-refractivity contribution >= 4 is 11.6 Å². The Morgan fingerprint density at radius 2 is 1.92 bits per heavy atom. The monoisotopic (exact) mass is 330 g/mol. The number of carbonyl (C=O) groups is 1. The molecule has 0 aliphatic carbocycles. The standard InChI is InChI=1S/C17H22N4O3/c1-3-9-21-15(18)14(16(23)19-17(21)24)13(22)11-20(2)10-12-7-5-4-6-8-12/h4-8H,3,9-11,18H2,1-2H3,(H,19,23,24). The molecule has 0 bridgehead atoms. The second-order valence-electron chi connectivity index (χ2n) is 5.75. The minimum Gasteiger partial charge on any atom is -0.384 e. The molecule has 2 aromatic rings. The molecule has 0 aliphatic rings. The molecule has 7 nitrogen and oxygen atoms in total. The Hall–Kier alpha value is -2.67. The number of Topliss-reactive ketones (excluding diaryl/α,β-unsaturated/α-hetero) is 1. The van der Waals surface area contributed by atoms with Crippen molar-refractivity contribution in [2.75, 3.05) is 19.3 Å². The van der Waals surface area contributed by atoms with Crippen LogP contribution in [0.25, 0.3) is 0 Å². The zero-order chi connectivity index (χ0) is 17.7. The third-order valence-corrected chi connectivity index (χ3v) is 3.67. The first kappa shape index (κ1) is 17.7. The van der Waals surface area contributed by atoms with Gasteiger partial charge in [0.25, 0.3) is 5.56 Å². The zero-order valence-corrected chi connectivity index (χ0v) is 13.9. The van der Waals surface area contributed by atoms with Gasteiger partial charge in [-0.3, -0.25) is 24.0 Å². The molecular formula is C17H22N4O3. The highest BCUT2D eigenvalue weighted by molar-refractivity contribution is 6.01. The predicted octanol–water partition coefficient (Wildman–Crippen LogP) is 0.843. The lowest BCUT2D eigenvalue weighted by molar-refractivity contribution is 0.0941. The number of H-pyrrole nitrogens is 1. The fraction of sp³-hybridized carbons (Fsp3) is 0.353. The Morgan fingerprint density at radius 3 is 2.54 bits per heavy atom. The summed E-state index contributed by atoms with van der Waals surface area (Å²) in [5.41, 5.74) is 5.49. The smallest absolute Gasteiger partial charge is 0.329 e. The van der Waals surface area contributed by atoms with Crippen LogP contribution in [-0.4, -0.2) is 33.8 Å². The van der Waals surface area contributed by atoms with E-state index in [2.05, 4.69) is 4.98 Å². The fourth-order valence-corrected chi connectivity index (χ4v) is 2.58. The lowest BCUT2D eigenvalue weighted by atomic mass is 10.1. The Morgan fingerprint density at radius 1 is 1.25 bits per heavy atom. The summed E-state index contributed by atoms with van der Waals surface area (Å²) in [5.74, 6) is -0.472. The number of nitrogen functional groups attached to an aromatic ring is 1. The second-order valence-corrected chi connectivity index (χ2v) is 5.75. The quantitative estimate of drug-likeness (QED) is 0.733. The lowest BCUT2D eigenvalue weighted by Crippen LogP contribution is -2.38. The average molecular weight is 330 g/mol. The van der Waals surface area contributed by atoms with E-state index in [0.717, 1.165) is 5.56 Å². The summed E-state index contributed by atoms with van der Waals surface area (Å²) in [7, 11) is 1.79. The van der Waals surface area contributed by atoms with Crippen LogP contribution in [0, 0.1) is 0 Å². The summed E-state index contributed by atoms with van der Waals surface area (Å²) in [4.78, 5) is 40.3. The summed E-state index contributed by atoms with van der Waals surface area (Å²) in [6, 6.07) is 9.70. The molecule has 7 heteroatoms. The largest absolute Gasteiger partial charge is 0.384 e. The maximum absolute atomic E-state index is 12.5. The van der Waals surface area contributed by atoms with Crippen LogP contribution in [0.3, 0.4) is 0 Å². The van der Waals surface area contributed by atoms with Gasteiger partial charge in [0, 0.05) is 13.1 Å². The first-order valence-corrected chi connectivity index (χ1v) is 7.82. The molecule has 0 saturated carbocycles. The second kappa shape index (κ2) is 7.74. The van der Waals surface area contributed by atoms with Crippen molar-refractivity contribution in [1.29, 1.82) is 0 Å².